The molecule has 0 radical (unpaired) electrons. The van der Waals surface area contributed by atoms with E-state index in [4.69, 9.17) is 20.4 Å². The SMILES string of the molecule is C[C@H]1COCCN1c1cc(C2CC2)nc(-c2ccc(N)cc2)n1. The van der Waals surface area contributed by atoms with E-state index in [1.807, 2.05) is 24.3 Å². The summed E-state index contributed by atoms with van der Waals surface area (Å²) in [5, 5.41) is 0. The molecule has 2 N–H and O–H groups in total. The van der Waals surface area contributed by atoms with E-state index in [9.17, 15) is 0 Å². The van der Waals surface area contributed by atoms with Crippen LogP contribution >= 0.6 is 0 Å². The number of hydrogen-bond acceptors (Lipinski definition) is 5. The van der Waals surface area contributed by atoms with E-state index in [0.29, 0.717) is 12.0 Å². The lowest BCUT2D eigenvalue weighted by Crippen LogP contribution is -2.44. The van der Waals surface area contributed by atoms with E-state index in [1.54, 1.807) is 0 Å². The third kappa shape index (κ3) is 3.01. The zero-order chi connectivity index (χ0) is 15.8. The minimum atomic E-state index is 0.338. The fourth-order valence-corrected chi connectivity index (χ4v) is 3.02. The molecule has 4 rings (SSSR count). The molecular formula is C18H22N4O. The molecule has 2 heterocycles. The lowest BCUT2D eigenvalue weighted by molar-refractivity contribution is 0.0985. The Morgan fingerprint density at radius 3 is 2.65 bits per heavy atom. The van der Waals surface area contributed by atoms with Gasteiger partial charge in [-0.05, 0) is 44.0 Å². The minimum Gasteiger partial charge on any atom is -0.399 e. The van der Waals surface area contributed by atoms with Crippen molar-refractivity contribution in [3.05, 3.63) is 36.0 Å². The highest BCUT2D eigenvalue weighted by Gasteiger charge is 2.28. The van der Waals surface area contributed by atoms with Gasteiger partial charge in [0.2, 0.25) is 0 Å². The Morgan fingerprint density at radius 1 is 1.17 bits per heavy atom. The number of morpholine rings is 1. The summed E-state index contributed by atoms with van der Waals surface area (Å²) in [5.41, 5.74) is 8.74. The number of anilines is 2. The fourth-order valence-electron chi connectivity index (χ4n) is 3.02. The number of nitrogen functional groups attached to an aromatic ring is 1. The highest BCUT2D eigenvalue weighted by atomic mass is 16.5. The number of aromatic nitrogens is 2. The average Bonchev–Trinajstić information content (AvgIpc) is 3.40. The Labute approximate surface area is 136 Å². The van der Waals surface area contributed by atoms with E-state index in [1.165, 1.54) is 18.5 Å². The Kier molecular flexibility index (Phi) is 3.65. The first-order valence-corrected chi connectivity index (χ1v) is 8.30. The first-order valence-electron chi connectivity index (χ1n) is 8.30. The van der Waals surface area contributed by atoms with Gasteiger partial charge in [-0.2, -0.15) is 0 Å². The maximum atomic E-state index is 5.79. The zero-order valence-electron chi connectivity index (χ0n) is 13.4. The molecule has 1 atom stereocenters. The van der Waals surface area contributed by atoms with E-state index < -0.39 is 0 Å². The number of hydrogen-bond donors (Lipinski definition) is 1. The standard InChI is InChI=1S/C18H22N4O/c1-12-11-23-9-8-22(12)17-10-16(13-2-3-13)20-18(21-17)14-4-6-15(19)7-5-14/h4-7,10,12-13H,2-3,8-9,11,19H2,1H3/t12-/m0/s1. The summed E-state index contributed by atoms with van der Waals surface area (Å²) >= 11 is 0. The maximum absolute atomic E-state index is 5.79. The normalized spacial score (nSPS) is 21.4. The van der Waals surface area contributed by atoms with E-state index in [-0.39, 0.29) is 0 Å². The van der Waals surface area contributed by atoms with Gasteiger partial charge >= 0.3 is 0 Å². The molecule has 120 valence electrons. The molecule has 1 aromatic carbocycles. The van der Waals surface area contributed by atoms with Gasteiger partial charge in [0, 0.05) is 35.5 Å². The molecule has 5 heteroatoms. The molecule has 1 saturated heterocycles. The highest BCUT2D eigenvalue weighted by molar-refractivity contribution is 5.61. The molecule has 1 saturated carbocycles. The predicted molar refractivity (Wildman–Crippen MR) is 91.5 cm³/mol. The molecule has 0 bridgehead atoms. The van der Waals surface area contributed by atoms with Gasteiger partial charge in [-0.15, -0.1) is 0 Å². The van der Waals surface area contributed by atoms with Crippen LogP contribution in [0.4, 0.5) is 11.5 Å². The molecule has 23 heavy (non-hydrogen) atoms. The van der Waals surface area contributed by atoms with Crippen molar-refractivity contribution in [3.8, 4) is 11.4 Å². The van der Waals surface area contributed by atoms with Crippen LogP contribution in [0.25, 0.3) is 11.4 Å². The second kappa shape index (κ2) is 5.81. The number of nitrogens with two attached hydrogens (primary N) is 1. The van der Waals surface area contributed by atoms with Crippen molar-refractivity contribution in [2.45, 2.75) is 31.7 Å². The lowest BCUT2D eigenvalue weighted by atomic mass is 10.1. The van der Waals surface area contributed by atoms with Crippen LogP contribution in [0.1, 0.15) is 31.4 Å². The second-order valence-electron chi connectivity index (χ2n) is 6.49. The Hall–Kier alpha value is -2.14. The molecule has 5 nitrogen and oxygen atoms in total. The molecule has 1 aromatic heterocycles. The number of benzene rings is 1. The Morgan fingerprint density at radius 2 is 1.96 bits per heavy atom. The van der Waals surface area contributed by atoms with Crippen LogP contribution < -0.4 is 10.6 Å². The van der Waals surface area contributed by atoms with Crippen LogP contribution in [0.3, 0.4) is 0 Å². The van der Waals surface area contributed by atoms with Crippen LogP contribution in [0.5, 0.6) is 0 Å². The molecule has 1 aliphatic carbocycles. The van der Waals surface area contributed by atoms with E-state index in [0.717, 1.165) is 42.7 Å². The van der Waals surface area contributed by atoms with Crippen LogP contribution in [-0.2, 0) is 4.74 Å². The fraction of sp³-hybridized carbons (Fsp3) is 0.444. The van der Waals surface area contributed by atoms with Crippen molar-refractivity contribution in [1.82, 2.24) is 9.97 Å². The summed E-state index contributed by atoms with van der Waals surface area (Å²) in [4.78, 5) is 12.0. The van der Waals surface area contributed by atoms with Crippen molar-refractivity contribution >= 4 is 11.5 Å². The zero-order valence-corrected chi connectivity index (χ0v) is 13.4. The van der Waals surface area contributed by atoms with Gasteiger partial charge in [-0.3, -0.25) is 0 Å². The number of rotatable bonds is 3. The van der Waals surface area contributed by atoms with Gasteiger partial charge < -0.3 is 15.4 Å². The van der Waals surface area contributed by atoms with Gasteiger partial charge in [-0.25, -0.2) is 9.97 Å². The molecule has 0 spiro atoms. The first kappa shape index (κ1) is 14.5. The maximum Gasteiger partial charge on any atom is 0.161 e. The summed E-state index contributed by atoms with van der Waals surface area (Å²) in [5.74, 6) is 2.41. The van der Waals surface area contributed by atoms with Gasteiger partial charge in [0.25, 0.3) is 0 Å². The smallest absolute Gasteiger partial charge is 0.161 e. The molecule has 0 unspecified atom stereocenters. The third-order valence-electron chi connectivity index (χ3n) is 4.56. The quantitative estimate of drug-likeness (QED) is 0.883. The largest absolute Gasteiger partial charge is 0.399 e. The van der Waals surface area contributed by atoms with Crippen LogP contribution in [0.15, 0.2) is 30.3 Å². The number of ether oxygens (including phenoxy) is 1. The van der Waals surface area contributed by atoms with Gasteiger partial charge in [0.05, 0.1) is 19.3 Å². The highest BCUT2D eigenvalue weighted by Crippen LogP contribution is 2.40. The topological polar surface area (TPSA) is 64.3 Å². The van der Waals surface area contributed by atoms with Crippen molar-refractivity contribution in [3.63, 3.8) is 0 Å². The van der Waals surface area contributed by atoms with Gasteiger partial charge in [0.15, 0.2) is 5.82 Å². The first-order chi connectivity index (χ1) is 11.2. The van der Waals surface area contributed by atoms with Gasteiger partial charge in [0.1, 0.15) is 5.82 Å². The third-order valence-corrected chi connectivity index (χ3v) is 4.56. The van der Waals surface area contributed by atoms with Crippen molar-refractivity contribution < 1.29 is 4.74 Å². The van der Waals surface area contributed by atoms with E-state index in [2.05, 4.69) is 17.9 Å². The van der Waals surface area contributed by atoms with Crippen molar-refractivity contribution in [1.29, 1.82) is 0 Å². The molecule has 2 aliphatic rings. The second-order valence-corrected chi connectivity index (χ2v) is 6.49. The van der Waals surface area contributed by atoms with Crippen molar-refractivity contribution in [2.75, 3.05) is 30.4 Å². The van der Waals surface area contributed by atoms with E-state index >= 15 is 0 Å². The summed E-state index contributed by atoms with van der Waals surface area (Å²) < 4.78 is 5.55. The molecular weight excluding hydrogens is 288 g/mol. The Bertz CT molecular complexity index is 697. The summed E-state index contributed by atoms with van der Waals surface area (Å²) in [6.07, 6.45) is 2.46. The van der Waals surface area contributed by atoms with Crippen LogP contribution in [0.2, 0.25) is 0 Å². The lowest BCUT2D eigenvalue weighted by Gasteiger charge is -2.34. The molecule has 1 aliphatic heterocycles. The minimum absolute atomic E-state index is 0.338. The summed E-state index contributed by atoms with van der Waals surface area (Å²) in [7, 11) is 0. The summed E-state index contributed by atoms with van der Waals surface area (Å²) in [6.45, 7) is 4.56. The number of nitrogens with zero attached hydrogens (tertiary/aromatic N) is 3. The van der Waals surface area contributed by atoms with Crippen molar-refractivity contribution in [2.24, 2.45) is 0 Å². The van der Waals surface area contributed by atoms with Crippen LogP contribution in [0, 0.1) is 0 Å². The molecule has 2 aromatic rings. The monoisotopic (exact) mass is 310 g/mol. The predicted octanol–water partition coefficient (Wildman–Crippen LogP) is 2.83. The molecule has 0 amide bonds. The average molecular weight is 310 g/mol. The molecule has 2 fully saturated rings. The Balaban J connectivity index is 1.75. The van der Waals surface area contributed by atoms with Gasteiger partial charge in [-0.1, -0.05) is 0 Å². The van der Waals surface area contributed by atoms with Crippen LogP contribution in [-0.4, -0.2) is 35.8 Å². The summed E-state index contributed by atoms with van der Waals surface area (Å²) in [6, 6.07) is 10.3.